The lowest BCUT2D eigenvalue weighted by Gasteiger charge is -2.14. The fourth-order valence-electron chi connectivity index (χ4n) is 1.83. The summed E-state index contributed by atoms with van der Waals surface area (Å²) in [6.07, 6.45) is 0. The molecule has 1 aliphatic heterocycles. The van der Waals surface area contributed by atoms with Crippen LogP contribution in [-0.4, -0.2) is 21.7 Å². The van der Waals surface area contributed by atoms with Gasteiger partial charge in [0.25, 0.3) is 0 Å². The number of nitrogen functional groups attached to an aromatic ring is 1. The molecule has 1 atom stereocenters. The zero-order chi connectivity index (χ0) is 8.88. The molecule has 0 aromatic carbocycles. The maximum absolute atomic E-state index is 5.79. The molecule has 2 heterocycles. The van der Waals surface area contributed by atoms with Gasteiger partial charge in [-0.05, 0) is 14.0 Å². The molecular formula is C8H14N4. The van der Waals surface area contributed by atoms with Crippen molar-refractivity contribution in [3.63, 3.8) is 0 Å². The van der Waals surface area contributed by atoms with E-state index in [-0.39, 0.29) is 0 Å². The van der Waals surface area contributed by atoms with E-state index >= 15 is 0 Å². The highest BCUT2D eigenvalue weighted by atomic mass is 15.3. The molecule has 0 bridgehead atoms. The summed E-state index contributed by atoms with van der Waals surface area (Å²) in [4.78, 5) is 2.27. The highest BCUT2D eigenvalue weighted by molar-refractivity contribution is 5.47. The van der Waals surface area contributed by atoms with Crippen LogP contribution in [0.25, 0.3) is 0 Å². The lowest BCUT2D eigenvalue weighted by Crippen LogP contribution is -2.15. The van der Waals surface area contributed by atoms with Crippen LogP contribution in [0.1, 0.15) is 24.2 Å². The van der Waals surface area contributed by atoms with Crippen molar-refractivity contribution in [2.75, 3.05) is 12.8 Å². The Morgan fingerprint density at radius 2 is 2.17 bits per heavy atom. The molecule has 2 N–H and O–H groups in total. The van der Waals surface area contributed by atoms with Crippen molar-refractivity contribution in [3.8, 4) is 0 Å². The minimum atomic E-state index is 0.411. The Balaban J connectivity index is 2.55. The normalized spacial score (nSPS) is 23.1. The lowest BCUT2D eigenvalue weighted by atomic mass is 10.1. The second-order valence-electron chi connectivity index (χ2n) is 3.46. The van der Waals surface area contributed by atoms with Gasteiger partial charge in [-0.25, -0.2) is 0 Å². The molecule has 0 fully saturated rings. The van der Waals surface area contributed by atoms with Gasteiger partial charge in [0.05, 0.1) is 5.69 Å². The van der Waals surface area contributed by atoms with Crippen LogP contribution in [0.3, 0.4) is 0 Å². The maximum Gasteiger partial charge on any atom is 0.150 e. The second-order valence-corrected chi connectivity index (χ2v) is 3.46. The average molecular weight is 166 g/mol. The van der Waals surface area contributed by atoms with Crippen LogP contribution in [0, 0.1) is 0 Å². The first-order valence-electron chi connectivity index (χ1n) is 4.12. The summed E-state index contributed by atoms with van der Waals surface area (Å²) in [5, 5.41) is 4.19. The van der Waals surface area contributed by atoms with Gasteiger partial charge in [-0.1, -0.05) is 0 Å². The molecule has 66 valence electrons. The van der Waals surface area contributed by atoms with Crippen molar-refractivity contribution in [2.24, 2.45) is 7.05 Å². The zero-order valence-corrected chi connectivity index (χ0v) is 7.70. The second kappa shape index (κ2) is 2.23. The van der Waals surface area contributed by atoms with Gasteiger partial charge in [0.15, 0.2) is 5.82 Å². The van der Waals surface area contributed by atoms with Crippen LogP contribution in [-0.2, 0) is 13.6 Å². The van der Waals surface area contributed by atoms with Gasteiger partial charge in [-0.15, -0.1) is 0 Å². The molecule has 0 radical (unpaired) electrons. The Morgan fingerprint density at radius 3 is 2.75 bits per heavy atom. The van der Waals surface area contributed by atoms with E-state index in [1.165, 1.54) is 11.3 Å². The molecule has 0 saturated heterocycles. The maximum atomic E-state index is 5.79. The fraction of sp³-hybridized carbons (Fsp3) is 0.625. The van der Waals surface area contributed by atoms with Crippen LogP contribution < -0.4 is 5.73 Å². The number of nitrogens with zero attached hydrogens (tertiary/aromatic N) is 3. The van der Waals surface area contributed by atoms with E-state index in [9.17, 15) is 0 Å². The van der Waals surface area contributed by atoms with Crippen LogP contribution in [0.15, 0.2) is 0 Å². The van der Waals surface area contributed by atoms with E-state index < -0.39 is 0 Å². The molecule has 2 rings (SSSR count). The summed E-state index contributed by atoms with van der Waals surface area (Å²) >= 11 is 0. The minimum Gasteiger partial charge on any atom is -0.382 e. The SMILES string of the molecule is CC1c2c(N)nn(C)c2CN1C. The van der Waals surface area contributed by atoms with E-state index in [0.717, 1.165) is 6.54 Å². The van der Waals surface area contributed by atoms with Crippen LogP contribution >= 0.6 is 0 Å². The zero-order valence-electron chi connectivity index (χ0n) is 7.70. The molecular weight excluding hydrogens is 152 g/mol. The van der Waals surface area contributed by atoms with Crippen molar-refractivity contribution in [2.45, 2.75) is 19.5 Å². The Bertz CT molecular complexity index is 315. The molecule has 1 aromatic rings. The van der Waals surface area contributed by atoms with E-state index in [2.05, 4.69) is 24.0 Å². The largest absolute Gasteiger partial charge is 0.382 e. The summed E-state index contributed by atoms with van der Waals surface area (Å²) < 4.78 is 1.88. The molecule has 1 unspecified atom stereocenters. The monoisotopic (exact) mass is 166 g/mol. The first kappa shape index (κ1) is 7.61. The number of aryl methyl sites for hydroxylation is 1. The molecule has 1 aromatic heterocycles. The number of hydrogen-bond acceptors (Lipinski definition) is 3. The molecule has 4 nitrogen and oxygen atoms in total. The topological polar surface area (TPSA) is 47.1 Å². The molecule has 12 heavy (non-hydrogen) atoms. The summed E-state index contributed by atoms with van der Waals surface area (Å²) in [7, 11) is 4.05. The van der Waals surface area contributed by atoms with Crippen molar-refractivity contribution >= 4 is 5.82 Å². The van der Waals surface area contributed by atoms with Crippen molar-refractivity contribution in [1.82, 2.24) is 14.7 Å². The third-order valence-electron chi connectivity index (χ3n) is 2.71. The Hall–Kier alpha value is -1.03. The van der Waals surface area contributed by atoms with Crippen LogP contribution in [0.5, 0.6) is 0 Å². The molecule has 4 heteroatoms. The predicted molar refractivity (Wildman–Crippen MR) is 47.5 cm³/mol. The number of fused-ring (bicyclic) bond motifs is 1. The third kappa shape index (κ3) is 0.783. The van der Waals surface area contributed by atoms with Crippen LogP contribution in [0.4, 0.5) is 5.82 Å². The van der Waals surface area contributed by atoms with Gasteiger partial charge in [-0.3, -0.25) is 9.58 Å². The Kier molecular flexibility index (Phi) is 1.41. The predicted octanol–water partition coefficient (Wildman–Crippen LogP) is 0.509. The van der Waals surface area contributed by atoms with Crippen LogP contribution in [0.2, 0.25) is 0 Å². The minimum absolute atomic E-state index is 0.411. The van der Waals surface area contributed by atoms with Gasteiger partial charge >= 0.3 is 0 Å². The van der Waals surface area contributed by atoms with Crippen molar-refractivity contribution in [3.05, 3.63) is 11.3 Å². The standard InChI is InChI=1S/C8H14N4/c1-5-7-6(4-11(5)2)12(3)10-8(7)9/h5H,4H2,1-3H3,(H2,9,10). The highest BCUT2D eigenvalue weighted by Crippen LogP contribution is 2.34. The smallest absolute Gasteiger partial charge is 0.150 e. The van der Waals surface area contributed by atoms with Gasteiger partial charge in [0.1, 0.15) is 0 Å². The third-order valence-corrected chi connectivity index (χ3v) is 2.71. The molecule has 1 aliphatic rings. The van der Waals surface area contributed by atoms with Gasteiger partial charge in [0, 0.05) is 25.2 Å². The first-order chi connectivity index (χ1) is 5.61. The first-order valence-corrected chi connectivity index (χ1v) is 4.12. The summed E-state index contributed by atoms with van der Waals surface area (Å²) in [5.41, 5.74) is 8.25. The summed E-state index contributed by atoms with van der Waals surface area (Å²) in [6.45, 7) is 3.11. The highest BCUT2D eigenvalue weighted by Gasteiger charge is 2.29. The van der Waals surface area contributed by atoms with E-state index in [1.54, 1.807) is 0 Å². The van der Waals surface area contributed by atoms with Gasteiger partial charge in [-0.2, -0.15) is 5.10 Å². The number of aromatic nitrogens is 2. The number of nitrogens with two attached hydrogens (primary N) is 1. The molecule has 0 saturated carbocycles. The molecule has 0 amide bonds. The summed E-state index contributed by atoms with van der Waals surface area (Å²) in [6, 6.07) is 0.411. The number of hydrogen-bond donors (Lipinski definition) is 1. The molecule has 0 aliphatic carbocycles. The quantitative estimate of drug-likeness (QED) is 0.611. The van der Waals surface area contributed by atoms with E-state index in [1.807, 2.05) is 11.7 Å². The van der Waals surface area contributed by atoms with E-state index in [0.29, 0.717) is 11.9 Å². The van der Waals surface area contributed by atoms with Crippen molar-refractivity contribution < 1.29 is 0 Å². The average Bonchev–Trinajstić information content (AvgIpc) is 2.41. The molecule has 0 spiro atoms. The Morgan fingerprint density at radius 1 is 1.50 bits per heavy atom. The summed E-state index contributed by atoms with van der Waals surface area (Å²) in [5.74, 6) is 0.685. The number of anilines is 1. The Labute approximate surface area is 72.0 Å². The lowest BCUT2D eigenvalue weighted by molar-refractivity contribution is 0.281. The number of rotatable bonds is 0. The van der Waals surface area contributed by atoms with Gasteiger partial charge in [0.2, 0.25) is 0 Å². The van der Waals surface area contributed by atoms with Crippen molar-refractivity contribution in [1.29, 1.82) is 0 Å². The fourth-order valence-corrected chi connectivity index (χ4v) is 1.83. The van der Waals surface area contributed by atoms with E-state index in [4.69, 9.17) is 5.73 Å². The van der Waals surface area contributed by atoms with Gasteiger partial charge < -0.3 is 5.73 Å².